The molecular formula is C18H18FN3O3. The van der Waals surface area contributed by atoms with Gasteiger partial charge in [0.25, 0.3) is 0 Å². The summed E-state index contributed by atoms with van der Waals surface area (Å²) in [6, 6.07) is 10.5. The average Bonchev–Trinajstić information content (AvgIpc) is 2.62. The molecule has 0 bridgehead atoms. The van der Waals surface area contributed by atoms with Gasteiger partial charge in [0, 0.05) is 19.6 Å². The molecule has 0 saturated carbocycles. The Labute approximate surface area is 144 Å². The first-order valence-corrected chi connectivity index (χ1v) is 7.90. The first-order chi connectivity index (χ1) is 12.1. The third-order valence-corrected chi connectivity index (χ3v) is 4.06. The van der Waals surface area contributed by atoms with E-state index in [1.54, 1.807) is 30.3 Å². The third kappa shape index (κ3) is 3.83. The number of piperazine rings is 1. The number of amides is 1. The number of nitrogens with one attached hydrogen (secondary N) is 1. The Bertz CT molecular complexity index is 779. The fourth-order valence-electron chi connectivity index (χ4n) is 2.89. The van der Waals surface area contributed by atoms with Gasteiger partial charge in [0.2, 0.25) is 5.91 Å². The number of methoxy groups -OCH3 is 1. The van der Waals surface area contributed by atoms with Gasteiger partial charge in [-0.25, -0.2) is 14.2 Å². The number of ether oxygens (including phenoxy) is 1. The monoisotopic (exact) mass is 343 g/mol. The minimum atomic E-state index is -0.530. The van der Waals surface area contributed by atoms with E-state index >= 15 is 0 Å². The maximum atomic E-state index is 13.2. The molecule has 0 aliphatic carbocycles. The van der Waals surface area contributed by atoms with Crippen molar-refractivity contribution >= 4 is 11.9 Å². The first kappa shape index (κ1) is 17.0. The molecule has 0 radical (unpaired) electrons. The molecule has 1 aromatic heterocycles. The molecule has 1 unspecified atom stereocenters. The molecule has 3 rings (SSSR count). The summed E-state index contributed by atoms with van der Waals surface area (Å²) < 4.78 is 17.9. The van der Waals surface area contributed by atoms with Crippen molar-refractivity contribution in [3.63, 3.8) is 0 Å². The van der Waals surface area contributed by atoms with Gasteiger partial charge in [0.1, 0.15) is 17.6 Å². The van der Waals surface area contributed by atoms with Crippen molar-refractivity contribution < 1.29 is 18.7 Å². The van der Waals surface area contributed by atoms with Crippen LogP contribution in [0.4, 0.5) is 4.39 Å². The van der Waals surface area contributed by atoms with Gasteiger partial charge in [-0.3, -0.25) is 9.69 Å². The van der Waals surface area contributed by atoms with Crippen LogP contribution in [-0.2, 0) is 16.1 Å². The maximum Gasteiger partial charge on any atom is 0.356 e. The molecule has 1 aromatic carbocycles. The quantitative estimate of drug-likeness (QED) is 0.855. The van der Waals surface area contributed by atoms with Crippen molar-refractivity contribution in [1.82, 2.24) is 15.2 Å². The van der Waals surface area contributed by atoms with Crippen LogP contribution in [0.1, 0.15) is 27.8 Å². The number of carbonyl (C=O) groups is 2. The van der Waals surface area contributed by atoms with Crippen molar-refractivity contribution in [2.45, 2.75) is 12.6 Å². The summed E-state index contributed by atoms with van der Waals surface area (Å²) in [6.45, 7) is 1.53. The van der Waals surface area contributed by atoms with E-state index < -0.39 is 12.0 Å². The number of halogens is 1. The third-order valence-electron chi connectivity index (χ3n) is 4.06. The molecule has 6 nitrogen and oxygen atoms in total. The van der Waals surface area contributed by atoms with E-state index in [2.05, 4.69) is 15.0 Å². The Morgan fingerprint density at radius 2 is 2.08 bits per heavy atom. The summed E-state index contributed by atoms with van der Waals surface area (Å²) in [5.41, 5.74) is 1.59. The molecule has 0 spiro atoms. The number of benzene rings is 1. The van der Waals surface area contributed by atoms with E-state index in [-0.39, 0.29) is 17.4 Å². The van der Waals surface area contributed by atoms with Crippen LogP contribution in [0.3, 0.4) is 0 Å². The van der Waals surface area contributed by atoms with Crippen molar-refractivity contribution in [3.8, 4) is 0 Å². The lowest BCUT2D eigenvalue weighted by Gasteiger charge is -2.35. The molecule has 130 valence electrons. The molecule has 1 amide bonds. The van der Waals surface area contributed by atoms with Gasteiger partial charge < -0.3 is 10.1 Å². The van der Waals surface area contributed by atoms with Gasteiger partial charge in [-0.15, -0.1) is 0 Å². The number of nitrogens with zero attached hydrogens (tertiary/aromatic N) is 2. The second-order valence-corrected chi connectivity index (χ2v) is 5.72. The van der Waals surface area contributed by atoms with Crippen molar-refractivity contribution in [2.24, 2.45) is 0 Å². The van der Waals surface area contributed by atoms with Crippen LogP contribution >= 0.6 is 0 Å². The summed E-state index contributed by atoms with van der Waals surface area (Å²) in [5, 5.41) is 2.83. The molecule has 1 aliphatic rings. The molecule has 1 N–H and O–H groups in total. The minimum absolute atomic E-state index is 0.137. The normalized spacial score (nSPS) is 17.8. The largest absolute Gasteiger partial charge is 0.464 e. The second-order valence-electron chi connectivity index (χ2n) is 5.72. The van der Waals surface area contributed by atoms with E-state index in [0.29, 0.717) is 30.9 Å². The van der Waals surface area contributed by atoms with Crippen LogP contribution in [0, 0.1) is 5.82 Å². The van der Waals surface area contributed by atoms with Crippen molar-refractivity contribution in [2.75, 3.05) is 20.2 Å². The Balaban J connectivity index is 1.85. The number of esters is 1. The molecule has 25 heavy (non-hydrogen) atoms. The zero-order chi connectivity index (χ0) is 17.8. The highest BCUT2D eigenvalue weighted by molar-refractivity contribution is 5.87. The molecule has 1 saturated heterocycles. The van der Waals surface area contributed by atoms with Gasteiger partial charge in [-0.05, 0) is 29.8 Å². The van der Waals surface area contributed by atoms with Gasteiger partial charge in [0.15, 0.2) is 0 Å². The average molecular weight is 343 g/mol. The van der Waals surface area contributed by atoms with Crippen molar-refractivity contribution in [3.05, 3.63) is 65.2 Å². The standard InChI is InChI=1S/C18H18FN3O3/c1-25-18(24)15-4-2-3-14(21-15)11-22-10-9-20-17(23)16(22)12-5-7-13(19)8-6-12/h2-8,16H,9-11H2,1H3,(H,20,23). The Hall–Kier alpha value is -2.80. The smallest absolute Gasteiger partial charge is 0.356 e. The number of aromatic nitrogens is 1. The molecular weight excluding hydrogens is 325 g/mol. The van der Waals surface area contributed by atoms with E-state index in [9.17, 15) is 14.0 Å². The topological polar surface area (TPSA) is 71.5 Å². The fraction of sp³-hybridized carbons (Fsp3) is 0.278. The van der Waals surface area contributed by atoms with Crippen LogP contribution in [0.15, 0.2) is 42.5 Å². The lowest BCUT2D eigenvalue weighted by atomic mass is 10.0. The number of pyridine rings is 1. The van der Waals surface area contributed by atoms with E-state index in [1.165, 1.54) is 19.2 Å². The Morgan fingerprint density at radius 1 is 1.32 bits per heavy atom. The van der Waals surface area contributed by atoms with E-state index in [0.717, 1.165) is 0 Å². The highest BCUT2D eigenvalue weighted by atomic mass is 19.1. The highest BCUT2D eigenvalue weighted by Gasteiger charge is 2.31. The summed E-state index contributed by atoms with van der Waals surface area (Å²) in [5.74, 6) is -0.991. The minimum Gasteiger partial charge on any atom is -0.464 e. The fourth-order valence-corrected chi connectivity index (χ4v) is 2.89. The molecule has 2 aromatic rings. The van der Waals surface area contributed by atoms with Gasteiger partial charge in [-0.1, -0.05) is 18.2 Å². The molecule has 1 aliphatic heterocycles. The predicted octanol–water partition coefficient (Wildman–Crippen LogP) is 1.68. The van der Waals surface area contributed by atoms with Crippen LogP contribution in [0.25, 0.3) is 0 Å². The zero-order valence-electron chi connectivity index (χ0n) is 13.7. The van der Waals surface area contributed by atoms with Crippen molar-refractivity contribution in [1.29, 1.82) is 0 Å². The highest BCUT2D eigenvalue weighted by Crippen LogP contribution is 2.25. The van der Waals surface area contributed by atoms with Crippen LogP contribution < -0.4 is 5.32 Å². The lowest BCUT2D eigenvalue weighted by molar-refractivity contribution is -0.129. The van der Waals surface area contributed by atoms with Gasteiger partial charge in [0.05, 0.1) is 12.8 Å². The SMILES string of the molecule is COC(=O)c1cccc(CN2CCNC(=O)C2c2ccc(F)cc2)n1. The predicted molar refractivity (Wildman–Crippen MR) is 88.1 cm³/mol. The van der Waals surface area contributed by atoms with E-state index in [4.69, 9.17) is 0 Å². The zero-order valence-corrected chi connectivity index (χ0v) is 13.7. The Morgan fingerprint density at radius 3 is 2.80 bits per heavy atom. The maximum absolute atomic E-state index is 13.2. The molecule has 2 heterocycles. The number of hydrogen-bond donors (Lipinski definition) is 1. The second kappa shape index (κ2) is 7.40. The summed E-state index contributed by atoms with van der Waals surface area (Å²) >= 11 is 0. The number of carbonyl (C=O) groups excluding carboxylic acids is 2. The molecule has 1 fully saturated rings. The van der Waals surface area contributed by atoms with Gasteiger partial charge in [-0.2, -0.15) is 0 Å². The summed E-state index contributed by atoms with van der Waals surface area (Å²) in [6.07, 6.45) is 0. The van der Waals surface area contributed by atoms with E-state index in [1.807, 2.05) is 4.90 Å². The van der Waals surface area contributed by atoms with Crippen LogP contribution in [-0.4, -0.2) is 42.0 Å². The van der Waals surface area contributed by atoms with Gasteiger partial charge >= 0.3 is 5.97 Å². The number of rotatable bonds is 4. The summed E-state index contributed by atoms with van der Waals surface area (Å²) in [7, 11) is 1.30. The molecule has 1 atom stereocenters. The first-order valence-electron chi connectivity index (χ1n) is 7.90. The van der Waals surface area contributed by atoms with Crippen LogP contribution in [0.2, 0.25) is 0 Å². The lowest BCUT2D eigenvalue weighted by Crippen LogP contribution is -2.49. The molecule has 7 heteroatoms. The van der Waals surface area contributed by atoms with Crippen LogP contribution in [0.5, 0.6) is 0 Å². The summed E-state index contributed by atoms with van der Waals surface area (Å²) in [4.78, 5) is 30.2. The number of hydrogen-bond acceptors (Lipinski definition) is 5. The Kier molecular flexibility index (Phi) is 5.04.